The maximum Gasteiger partial charge on any atom is 0.325 e. The predicted octanol–water partition coefficient (Wildman–Crippen LogP) is 3.75. The number of amides is 4. The van der Waals surface area contributed by atoms with Gasteiger partial charge in [-0.3, -0.25) is 19.2 Å². The van der Waals surface area contributed by atoms with Gasteiger partial charge in [-0.1, -0.05) is 42.7 Å². The van der Waals surface area contributed by atoms with Crippen LogP contribution in [0.3, 0.4) is 0 Å². The molecule has 1 spiro atoms. The highest BCUT2D eigenvalue weighted by atomic mass is 32.1. The smallest absolute Gasteiger partial charge is 0.325 e. The Hall–Kier alpha value is -3.20. The van der Waals surface area contributed by atoms with Gasteiger partial charge in [-0.05, 0) is 44.7 Å². The molecule has 9 heteroatoms. The van der Waals surface area contributed by atoms with Crippen molar-refractivity contribution in [1.82, 2.24) is 25.3 Å². The molecule has 0 unspecified atom stereocenters. The lowest BCUT2D eigenvalue weighted by Crippen LogP contribution is -2.44. The van der Waals surface area contributed by atoms with Crippen molar-refractivity contribution in [2.24, 2.45) is 0 Å². The van der Waals surface area contributed by atoms with Gasteiger partial charge in [0.25, 0.3) is 11.8 Å². The number of nitrogens with one attached hydrogen (secondary N) is 2. The van der Waals surface area contributed by atoms with Crippen molar-refractivity contribution in [2.75, 3.05) is 13.1 Å². The van der Waals surface area contributed by atoms with Gasteiger partial charge in [-0.15, -0.1) is 11.3 Å². The molecule has 2 aliphatic rings. The first-order valence-electron chi connectivity index (χ1n) is 11.8. The van der Waals surface area contributed by atoms with Crippen LogP contribution < -0.4 is 10.6 Å². The topological polar surface area (TPSA) is 96.3 Å². The number of rotatable bonds is 7. The number of carbonyl (C=O) groups excluding carboxylic acids is 3. The van der Waals surface area contributed by atoms with Crippen LogP contribution in [0.5, 0.6) is 0 Å². The Bertz CT molecular complexity index is 1250. The molecule has 2 fully saturated rings. The van der Waals surface area contributed by atoms with Crippen LogP contribution in [0.2, 0.25) is 0 Å². The first-order valence-corrected chi connectivity index (χ1v) is 12.6. The minimum atomic E-state index is -0.679. The van der Waals surface area contributed by atoms with Gasteiger partial charge in [-0.2, -0.15) is 5.10 Å². The van der Waals surface area contributed by atoms with E-state index in [0.29, 0.717) is 30.9 Å². The maximum atomic E-state index is 12.8. The van der Waals surface area contributed by atoms with E-state index in [9.17, 15) is 14.4 Å². The third kappa shape index (κ3) is 4.09. The third-order valence-electron chi connectivity index (χ3n) is 6.83. The number of hydrogen-bond donors (Lipinski definition) is 2. The zero-order valence-electron chi connectivity index (χ0n) is 19.5. The Labute approximate surface area is 202 Å². The van der Waals surface area contributed by atoms with Gasteiger partial charge in [0.15, 0.2) is 0 Å². The Balaban J connectivity index is 1.18. The summed E-state index contributed by atoms with van der Waals surface area (Å²) in [4.78, 5) is 40.7. The summed E-state index contributed by atoms with van der Waals surface area (Å²) < 4.78 is 1.95. The molecule has 8 nitrogen and oxygen atoms in total. The van der Waals surface area contributed by atoms with Gasteiger partial charge >= 0.3 is 6.03 Å². The average Bonchev–Trinajstić information content (AvgIpc) is 3.56. The van der Waals surface area contributed by atoms with Crippen LogP contribution in [-0.2, 0) is 11.3 Å². The first-order chi connectivity index (χ1) is 16.4. The highest BCUT2D eigenvalue weighted by Crippen LogP contribution is 2.35. The van der Waals surface area contributed by atoms with E-state index in [1.807, 2.05) is 17.7 Å². The number of fused-ring (bicyclic) bond motifs is 1. The van der Waals surface area contributed by atoms with Crippen molar-refractivity contribution in [3.63, 3.8) is 0 Å². The van der Waals surface area contributed by atoms with Crippen molar-refractivity contribution in [2.45, 2.75) is 58.0 Å². The highest BCUT2D eigenvalue weighted by molar-refractivity contribution is 7.20. The van der Waals surface area contributed by atoms with E-state index in [4.69, 9.17) is 0 Å². The van der Waals surface area contributed by atoms with Crippen molar-refractivity contribution in [3.8, 4) is 0 Å². The Morgan fingerprint density at radius 1 is 1.18 bits per heavy atom. The van der Waals surface area contributed by atoms with Gasteiger partial charge in [0.2, 0.25) is 0 Å². The standard InChI is InChI=1S/C25H29N5O3S/c1-16-6-8-18(9-7-16)15-30-22-19(17(2)28-30)14-20(34-22)21(31)26-12-5-13-29-23(32)25(27-24(29)33)10-3-4-11-25/h6-9,14H,3-5,10-13,15H2,1-2H3,(H,26,31)(H,27,33). The second-order valence-corrected chi connectivity index (χ2v) is 10.4. The molecule has 0 atom stereocenters. The van der Waals surface area contributed by atoms with E-state index in [1.165, 1.54) is 21.8 Å². The number of benzene rings is 1. The summed E-state index contributed by atoms with van der Waals surface area (Å²) in [5.41, 5.74) is 2.60. The second kappa shape index (κ2) is 8.87. The van der Waals surface area contributed by atoms with Crippen LogP contribution in [0.4, 0.5) is 4.79 Å². The SMILES string of the molecule is Cc1ccc(Cn2nc(C)c3cc(C(=O)NCCCN4C(=O)NC5(CCCC5)C4=O)sc32)cc1. The quantitative estimate of drug-likeness (QED) is 0.399. The molecule has 1 aliphatic carbocycles. The Morgan fingerprint density at radius 2 is 1.91 bits per heavy atom. The summed E-state index contributed by atoms with van der Waals surface area (Å²) in [7, 11) is 0. The molecule has 178 valence electrons. The fourth-order valence-electron chi connectivity index (χ4n) is 4.92. The van der Waals surface area contributed by atoms with Gasteiger partial charge in [0.1, 0.15) is 10.4 Å². The van der Waals surface area contributed by atoms with Crippen molar-refractivity contribution in [1.29, 1.82) is 0 Å². The van der Waals surface area contributed by atoms with Crippen LogP contribution in [0.15, 0.2) is 30.3 Å². The van der Waals surface area contributed by atoms with Crippen molar-refractivity contribution in [3.05, 3.63) is 52.0 Å². The lowest BCUT2D eigenvalue weighted by molar-refractivity contribution is -0.131. The molecule has 34 heavy (non-hydrogen) atoms. The summed E-state index contributed by atoms with van der Waals surface area (Å²) in [5.74, 6) is -0.258. The molecule has 0 bridgehead atoms. The molecule has 2 N–H and O–H groups in total. The van der Waals surface area contributed by atoms with E-state index in [-0.39, 0.29) is 17.8 Å². The fourth-order valence-corrected chi connectivity index (χ4v) is 6.00. The summed E-state index contributed by atoms with van der Waals surface area (Å²) in [5, 5.41) is 11.5. The Morgan fingerprint density at radius 3 is 2.65 bits per heavy atom. The van der Waals surface area contributed by atoms with E-state index < -0.39 is 5.54 Å². The predicted molar refractivity (Wildman–Crippen MR) is 131 cm³/mol. The second-order valence-electron chi connectivity index (χ2n) is 9.34. The number of thiophene rings is 1. The molecule has 0 radical (unpaired) electrons. The fraction of sp³-hybridized carbons (Fsp3) is 0.440. The molecular formula is C25H29N5O3S. The van der Waals surface area contributed by atoms with Gasteiger partial charge in [-0.25, -0.2) is 4.79 Å². The molecule has 3 heterocycles. The van der Waals surface area contributed by atoms with Crippen LogP contribution in [-0.4, -0.2) is 51.2 Å². The lowest BCUT2D eigenvalue weighted by atomic mass is 9.98. The summed E-state index contributed by atoms with van der Waals surface area (Å²) in [6.07, 6.45) is 3.89. The van der Waals surface area contributed by atoms with Crippen LogP contribution in [0, 0.1) is 13.8 Å². The maximum absolute atomic E-state index is 12.8. The van der Waals surface area contributed by atoms with E-state index in [2.05, 4.69) is 46.9 Å². The van der Waals surface area contributed by atoms with Crippen molar-refractivity contribution >= 4 is 39.4 Å². The lowest BCUT2D eigenvalue weighted by Gasteiger charge is -2.20. The largest absolute Gasteiger partial charge is 0.351 e. The number of hydrogen-bond acceptors (Lipinski definition) is 5. The molecule has 1 aromatic carbocycles. The number of nitrogens with zero attached hydrogens (tertiary/aromatic N) is 3. The number of urea groups is 1. The highest BCUT2D eigenvalue weighted by Gasteiger charge is 2.51. The summed E-state index contributed by atoms with van der Waals surface area (Å²) >= 11 is 1.43. The molecular weight excluding hydrogens is 450 g/mol. The van der Waals surface area contributed by atoms with E-state index in [1.54, 1.807) is 0 Å². The number of aryl methyl sites for hydroxylation is 2. The molecule has 4 amide bonds. The van der Waals surface area contributed by atoms with E-state index >= 15 is 0 Å². The zero-order valence-corrected chi connectivity index (χ0v) is 20.3. The van der Waals surface area contributed by atoms with Gasteiger partial charge < -0.3 is 10.6 Å². The number of imide groups is 1. The van der Waals surface area contributed by atoms with E-state index in [0.717, 1.165) is 47.2 Å². The molecule has 2 aromatic heterocycles. The number of aromatic nitrogens is 2. The monoisotopic (exact) mass is 479 g/mol. The van der Waals surface area contributed by atoms with Crippen molar-refractivity contribution < 1.29 is 14.4 Å². The summed E-state index contributed by atoms with van der Waals surface area (Å²) in [6.45, 7) is 5.38. The Kier molecular flexibility index (Phi) is 5.89. The molecule has 3 aromatic rings. The molecule has 1 aliphatic heterocycles. The molecule has 1 saturated carbocycles. The minimum absolute atomic E-state index is 0.112. The van der Waals surface area contributed by atoms with Gasteiger partial charge in [0, 0.05) is 18.5 Å². The summed E-state index contributed by atoms with van der Waals surface area (Å²) in [6, 6.07) is 9.95. The third-order valence-corrected chi connectivity index (χ3v) is 7.98. The van der Waals surface area contributed by atoms with Crippen LogP contribution in [0.1, 0.15) is 58.6 Å². The normalized spacial score (nSPS) is 17.2. The zero-order chi connectivity index (χ0) is 23.9. The number of carbonyl (C=O) groups is 3. The van der Waals surface area contributed by atoms with Crippen LogP contribution >= 0.6 is 11.3 Å². The minimum Gasteiger partial charge on any atom is -0.351 e. The van der Waals surface area contributed by atoms with Gasteiger partial charge in [0.05, 0.1) is 17.1 Å². The molecule has 1 saturated heterocycles. The molecule has 5 rings (SSSR count). The van der Waals surface area contributed by atoms with Crippen LogP contribution in [0.25, 0.3) is 10.2 Å². The first kappa shape index (κ1) is 22.6. The average molecular weight is 480 g/mol.